The summed E-state index contributed by atoms with van der Waals surface area (Å²) >= 11 is 8.11. The van der Waals surface area contributed by atoms with Gasteiger partial charge in [-0.15, -0.1) is 0 Å². The van der Waals surface area contributed by atoms with Gasteiger partial charge < -0.3 is 5.32 Å². The summed E-state index contributed by atoms with van der Waals surface area (Å²) in [5, 5.41) is 5.51. The van der Waals surface area contributed by atoms with Crippen LogP contribution in [0.2, 0.25) is 0 Å². The molecule has 0 atom stereocenters. The van der Waals surface area contributed by atoms with E-state index in [-0.39, 0.29) is 16.8 Å². The first-order valence-corrected chi connectivity index (χ1v) is 6.89. The molecule has 102 valence electrons. The van der Waals surface area contributed by atoms with Crippen LogP contribution in [0.5, 0.6) is 0 Å². The molecule has 0 radical (unpaired) electrons. The van der Waals surface area contributed by atoms with Crippen LogP contribution in [-0.2, 0) is 0 Å². The van der Waals surface area contributed by atoms with E-state index >= 15 is 0 Å². The molecule has 2 aromatic carbocycles. The van der Waals surface area contributed by atoms with Gasteiger partial charge in [0.25, 0.3) is 5.91 Å². The molecule has 0 fully saturated rings. The minimum atomic E-state index is -0.366. The summed E-state index contributed by atoms with van der Waals surface area (Å²) in [5.74, 6) is -0.668. The number of anilines is 1. The first-order valence-electron chi connectivity index (χ1n) is 5.68. The summed E-state index contributed by atoms with van der Waals surface area (Å²) in [5.41, 5.74) is 1.09. The van der Waals surface area contributed by atoms with Crippen LogP contribution in [0.3, 0.4) is 0 Å². The molecule has 2 aromatic rings. The van der Waals surface area contributed by atoms with Crippen molar-refractivity contribution in [3.8, 4) is 0 Å². The van der Waals surface area contributed by atoms with Gasteiger partial charge in [-0.25, -0.2) is 4.39 Å². The molecule has 0 heterocycles. The van der Waals surface area contributed by atoms with Crippen LogP contribution in [0.15, 0.2) is 53.0 Å². The monoisotopic (exact) mass is 352 g/mol. The minimum absolute atomic E-state index is 0.150. The zero-order chi connectivity index (χ0) is 14.5. The van der Waals surface area contributed by atoms with Gasteiger partial charge in [-0.05, 0) is 58.5 Å². The number of nitrogens with one attached hydrogen (secondary N) is 2. The van der Waals surface area contributed by atoms with Crippen molar-refractivity contribution in [2.75, 3.05) is 5.32 Å². The smallest absolute Gasteiger partial charge is 0.257 e. The van der Waals surface area contributed by atoms with Crippen LogP contribution >= 0.6 is 28.1 Å². The van der Waals surface area contributed by atoms with E-state index in [2.05, 4.69) is 26.6 Å². The van der Waals surface area contributed by atoms with Crippen LogP contribution in [-0.4, -0.2) is 11.0 Å². The number of rotatable bonds is 2. The van der Waals surface area contributed by atoms with Crippen molar-refractivity contribution in [1.29, 1.82) is 0 Å². The second kappa shape index (κ2) is 6.58. The number of carbonyl (C=O) groups is 1. The number of hydrogen-bond acceptors (Lipinski definition) is 2. The molecule has 0 unspecified atom stereocenters. The largest absolute Gasteiger partial charge is 0.332 e. The number of thiocarbonyl (C=S) groups is 1. The molecule has 0 saturated carbocycles. The second-order valence-corrected chi connectivity index (χ2v) is 5.17. The Balaban J connectivity index is 1.99. The molecule has 2 N–H and O–H groups in total. The van der Waals surface area contributed by atoms with Gasteiger partial charge in [0.05, 0.1) is 4.47 Å². The Bertz CT molecular complexity index is 649. The Morgan fingerprint density at radius 1 is 1.15 bits per heavy atom. The molecular weight excluding hydrogens is 343 g/mol. The van der Waals surface area contributed by atoms with Gasteiger partial charge in [0.15, 0.2) is 5.11 Å². The number of halogens is 2. The maximum Gasteiger partial charge on any atom is 0.257 e. The summed E-state index contributed by atoms with van der Waals surface area (Å²) in [6.07, 6.45) is 0. The maximum absolute atomic E-state index is 13.1. The Morgan fingerprint density at radius 3 is 2.50 bits per heavy atom. The standard InChI is InChI=1S/C14H10BrFN2OS/c15-11-8-10(6-7-12(11)16)17-14(20)18-13(19)9-4-2-1-3-5-9/h1-8H,(H2,17,18,19,20). The zero-order valence-corrected chi connectivity index (χ0v) is 12.6. The van der Waals surface area contributed by atoms with Gasteiger partial charge in [0, 0.05) is 11.3 Å². The predicted octanol–water partition coefficient (Wildman–Crippen LogP) is 3.72. The molecule has 3 nitrogen and oxygen atoms in total. The molecule has 0 aliphatic heterocycles. The van der Waals surface area contributed by atoms with Gasteiger partial charge >= 0.3 is 0 Å². The summed E-state index contributed by atoms with van der Waals surface area (Å²) in [4.78, 5) is 11.9. The van der Waals surface area contributed by atoms with E-state index in [4.69, 9.17) is 12.2 Å². The number of amides is 1. The summed E-state index contributed by atoms with van der Waals surface area (Å²) in [6, 6.07) is 13.1. The normalized spacial score (nSPS) is 9.90. The lowest BCUT2D eigenvalue weighted by atomic mass is 10.2. The molecule has 2 rings (SSSR count). The molecule has 20 heavy (non-hydrogen) atoms. The quantitative estimate of drug-likeness (QED) is 0.809. The van der Waals surface area contributed by atoms with Gasteiger partial charge in [-0.1, -0.05) is 18.2 Å². The fraction of sp³-hybridized carbons (Fsp3) is 0. The third-order valence-electron chi connectivity index (χ3n) is 2.44. The van der Waals surface area contributed by atoms with E-state index < -0.39 is 0 Å². The van der Waals surface area contributed by atoms with E-state index in [1.54, 1.807) is 24.3 Å². The topological polar surface area (TPSA) is 41.1 Å². The zero-order valence-electron chi connectivity index (χ0n) is 10.2. The first kappa shape index (κ1) is 14.6. The lowest BCUT2D eigenvalue weighted by molar-refractivity contribution is 0.0977. The van der Waals surface area contributed by atoms with E-state index in [9.17, 15) is 9.18 Å². The highest BCUT2D eigenvalue weighted by molar-refractivity contribution is 9.10. The molecule has 0 saturated heterocycles. The molecule has 0 spiro atoms. The highest BCUT2D eigenvalue weighted by Gasteiger charge is 2.08. The van der Waals surface area contributed by atoms with Crippen molar-refractivity contribution in [3.05, 3.63) is 64.4 Å². The van der Waals surface area contributed by atoms with E-state index in [0.29, 0.717) is 15.7 Å². The fourth-order valence-corrected chi connectivity index (χ4v) is 2.09. The average Bonchev–Trinajstić information content (AvgIpc) is 2.44. The average molecular weight is 353 g/mol. The third-order valence-corrected chi connectivity index (χ3v) is 3.25. The Kier molecular flexibility index (Phi) is 4.81. The highest BCUT2D eigenvalue weighted by atomic mass is 79.9. The summed E-state index contributed by atoms with van der Waals surface area (Å²) in [6.45, 7) is 0. The van der Waals surface area contributed by atoms with Crippen molar-refractivity contribution >= 4 is 44.9 Å². The minimum Gasteiger partial charge on any atom is -0.332 e. The van der Waals surface area contributed by atoms with Crippen molar-refractivity contribution in [3.63, 3.8) is 0 Å². The van der Waals surface area contributed by atoms with E-state index in [1.165, 1.54) is 18.2 Å². The van der Waals surface area contributed by atoms with Crippen LogP contribution in [0, 0.1) is 5.82 Å². The van der Waals surface area contributed by atoms with Gasteiger partial charge in [-0.2, -0.15) is 0 Å². The molecule has 0 bridgehead atoms. The van der Waals surface area contributed by atoms with Crippen molar-refractivity contribution in [2.45, 2.75) is 0 Å². The van der Waals surface area contributed by atoms with Gasteiger partial charge in [0.1, 0.15) is 5.82 Å². The molecule has 0 aliphatic carbocycles. The molecular formula is C14H10BrFN2OS. The Labute approximate surface area is 129 Å². The van der Waals surface area contributed by atoms with Crippen LogP contribution in [0.4, 0.5) is 10.1 Å². The van der Waals surface area contributed by atoms with Crippen molar-refractivity contribution in [2.24, 2.45) is 0 Å². The molecule has 6 heteroatoms. The molecule has 0 aliphatic rings. The maximum atomic E-state index is 13.1. The van der Waals surface area contributed by atoms with E-state index in [0.717, 1.165) is 0 Å². The summed E-state index contributed by atoms with van der Waals surface area (Å²) < 4.78 is 13.4. The Hall–Kier alpha value is -1.79. The van der Waals surface area contributed by atoms with Gasteiger partial charge in [0.2, 0.25) is 0 Å². The van der Waals surface area contributed by atoms with Gasteiger partial charge in [-0.3, -0.25) is 10.1 Å². The highest BCUT2D eigenvalue weighted by Crippen LogP contribution is 2.19. The number of benzene rings is 2. The van der Waals surface area contributed by atoms with Crippen molar-refractivity contribution < 1.29 is 9.18 Å². The SMILES string of the molecule is O=C(NC(=S)Nc1ccc(F)c(Br)c1)c1ccccc1. The van der Waals surface area contributed by atoms with Crippen LogP contribution < -0.4 is 10.6 Å². The third kappa shape index (κ3) is 3.85. The first-order chi connectivity index (χ1) is 9.56. The summed E-state index contributed by atoms with van der Waals surface area (Å²) in [7, 11) is 0. The fourth-order valence-electron chi connectivity index (χ4n) is 1.50. The molecule has 1 amide bonds. The lowest BCUT2D eigenvalue weighted by Gasteiger charge is -2.10. The van der Waals surface area contributed by atoms with E-state index in [1.807, 2.05) is 6.07 Å². The van der Waals surface area contributed by atoms with Crippen molar-refractivity contribution in [1.82, 2.24) is 5.32 Å². The number of hydrogen-bond donors (Lipinski definition) is 2. The molecule has 0 aromatic heterocycles. The lowest BCUT2D eigenvalue weighted by Crippen LogP contribution is -2.34. The Morgan fingerprint density at radius 2 is 1.85 bits per heavy atom. The second-order valence-electron chi connectivity index (χ2n) is 3.90. The number of carbonyl (C=O) groups excluding carboxylic acids is 1. The van der Waals surface area contributed by atoms with Crippen LogP contribution in [0.1, 0.15) is 10.4 Å². The van der Waals surface area contributed by atoms with Crippen LogP contribution in [0.25, 0.3) is 0 Å². The predicted molar refractivity (Wildman–Crippen MR) is 84.2 cm³/mol.